The summed E-state index contributed by atoms with van der Waals surface area (Å²) in [6.45, 7) is 0. The number of benzene rings is 2. The molecule has 0 aliphatic heterocycles. The molecule has 0 heterocycles. The zero-order valence-electron chi connectivity index (χ0n) is 11.9. The van der Waals surface area contributed by atoms with Crippen molar-refractivity contribution in [1.29, 1.82) is 0 Å². The third-order valence-electron chi connectivity index (χ3n) is 3.28. The van der Waals surface area contributed by atoms with Gasteiger partial charge in [0.1, 0.15) is 0 Å². The normalized spacial score (nSPS) is 12.0. The van der Waals surface area contributed by atoms with Crippen LogP contribution in [-0.2, 0) is 6.42 Å². The third-order valence-corrected chi connectivity index (χ3v) is 3.93. The summed E-state index contributed by atoms with van der Waals surface area (Å²) in [6, 6.07) is 11.1. The predicted molar refractivity (Wildman–Crippen MR) is 86.6 cm³/mol. The van der Waals surface area contributed by atoms with Gasteiger partial charge in [-0.3, -0.25) is 0 Å². The third kappa shape index (κ3) is 3.62. The number of hydrogen-bond donors (Lipinski definition) is 1. The lowest BCUT2D eigenvalue weighted by molar-refractivity contribution is 0.354. The Bertz CT molecular complexity index is 632. The molecule has 2 aromatic carbocycles. The van der Waals surface area contributed by atoms with Crippen LogP contribution in [0.15, 0.2) is 36.4 Å². The number of hydrogen-bond acceptors (Lipinski definition) is 3. The van der Waals surface area contributed by atoms with Gasteiger partial charge in [0.05, 0.1) is 19.2 Å². The Kier molecular flexibility index (Phi) is 5.34. The van der Waals surface area contributed by atoms with E-state index in [4.69, 9.17) is 38.4 Å². The summed E-state index contributed by atoms with van der Waals surface area (Å²) >= 11 is 12.4. The van der Waals surface area contributed by atoms with Crippen molar-refractivity contribution in [3.05, 3.63) is 57.6 Å². The topological polar surface area (TPSA) is 44.5 Å². The second-order valence-electron chi connectivity index (χ2n) is 4.64. The maximum Gasteiger partial charge on any atom is 0.179 e. The molecule has 0 bridgehead atoms. The molecule has 3 nitrogen and oxygen atoms in total. The molecule has 0 aliphatic carbocycles. The minimum absolute atomic E-state index is 0.234. The first kappa shape index (κ1) is 16.0. The van der Waals surface area contributed by atoms with Crippen molar-refractivity contribution in [2.24, 2.45) is 5.73 Å². The van der Waals surface area contributed by atoms with Gasteiger partial charge in [0, 0.05) is 11.1 Å². The second-order valence-corrected chi connectivity index (χ2v) is 5.45. The zero-order chi connectivity index (χ0) is 15.4. The maximum absolute atomic E-state index is 6.27. The maximum atomic E-state index is 6.27. The van der Waals surface area contributed by atoms with Crippen LogP contribution in [0.25, 0.3) is 0 Å². The van der Waals surface area contributed by atoms with E-state index in [-0.39, 0.29) is 6.04 Å². The molecule has 0 amide bonds. The van der Waals surface area contributed by atoms with Crippen molar-refractivity contribution in [1.82, 2.24) is 0 Å². The highest BCUT2D eigenvalue weighted by Gasteiger charge is 2.16. The minimum atomic E-state index is -0.234. The molecule has 112 valence electrons. The molecule has 2 N–H and O–H groups in total. The van der Waals surface area contributed by atoms with E-state index < -0.39 is 0 Å². The van der Waals surface area contributed by atoms with Crippen LogP contribution < -0.4 is 15.2 Å². The van der Waals surface area contributed by atoms with Crippen LogP contribution in [-0.4, -0.2) is 14.2 Å². The monoisotopic (exact) mass is 325 g/mol. The fourth-order valence-corrected chi connectivity index (χ4v) is 2.68. The predicted octanol–water partition coefficient (Wildman–Crippen LogP) is 4.25. The quantitative estimate of drug-likeness (QED) is 0.893. The molecular weight excluding hydrogens is 309 g/mol. The minimum Gasteiger partial charge on any atom is -0.493 e. The van der Waals surface area contributed by atoms with Crippen molar-refractivity contribution in [3.8, 4) is 11.5 Å². The van der Waals surface area contributed by atoms with E-state index in [0.717, 1.165) is 11.1 Å². The lowest BCUT2D eigenvalue weighted by atomic mass is 9.99. The van der Waals surface area contributed by atoms with Crippen LogP contribution in [0, 0.1) is 0 Å². The highest BCUT2D eigenvalue weighted by molar-refractivity contribution is 6.32. The Morgan fingerprint density at radius 1 is 1.05 bits per heavy atom. The summed E-state index contributed by atoms with van der Waals surface area (Å²) in [5.74, 6) is 1.07. The summed E-state index contributed by atoms with van der Waals surface area (Å²) in [6.07, 6.45) is 0.617. The number of halogens is 2. The molecule has 0 spiro atoms. The molecule has 1 unspecified atom stereocenters. The standard InChI is InChI=1S/C16H17Cl2NO2/c1-20-15-9-11(7-13(18)16(15)21-2)14(19)8-10-5-3-4-6-12(10)17/h3-7,9,14H,8,19H2,1-2H3. The number of ether oxygens (including phenoxy) is 2. The first-order chi connectivity index (χ1) is 10.1. The lowest BCUT2D eigenvalue weighted by Crippen LogP contribution is -2.14. The second kappa shape index (κ2) is 7.03. The van der Waals surface area contributed by atoms with Gasteiger partial charge in [-0.25, -0.2) is 0 Å². The highest BCUT2D eigenvalue weighted by atomic mass is 35.5. The molecule has 2 aromatic rings. The fourth-order valence-electron chi connectivity index (χ4n) is 2.17. The zero-order valence-corrected chi connectivity index (χ0v) is 13.4. The van der Waals surface area contributed by atoms with Crippen LogP contribution in [0.1, 0.15) is 17.2 Å². The van der Waals surface area contributed by atoms with Gasteiger partial charge in [-0.05, 0) is 35.7 Å². The number of methoxy groups -OCH3 is 2. The molecule has 5 heteroatoms. The molecule has 21 heavy (non-hydrogen) atoms. The van der Waals surface area contributed by atoms with Gasteiger partial charge in [-0.2, -0.15) is 0 Å². The van der Waals surface area contributed by atoms with Crippen molar-refractivity contribution >= 4 is 23.2 Å². The Morgan fingerprint density at radius 3 is 2.38 bits per heavy atom. The Morgan fingerprint density at radius 2 is 1.76 bits per heavy atom. The molecule has 0 saturated carbocycles. The highest BCUT2D eigenvalue weighted by Crippen LogP contribution is 2.38. The van der Waals surface area contributed by atoms with Crippen LogP contribution in [0.4, 0.5) is 0 Å². The summed E-state index contributed by atoms with van der Waals surface area (Å²) in [5.41, 5.74) is 8.14. The summed E-state index contributed by atoms with van der Waals surface area (Å²) in [4.78, 5) is 0. The van der Waals surface area contributed by atoms with Gasteiger partial charge >= 0.3 is 0 Å². The van der Waals surface area contributed by atoms with Gasteiger partial charge in [0.15, 0.2) is 11.5 Å². The molecule has 0 saturated heterocycles. The molecular formula is C16H17Cl2NO2. The number of rotatable bonds is 5. The van der Waals surface area contributed by atoms with E-state index >= 15 is 0 Å². The van der Waals surface area contributed by atoms with Gasteiger partial charge in [-0.1, -0.05) is 41.4 Å². The molecule has 0 aromatic heterocycles. The summed E-state index contributed by atoms with van der Waals surface area (Å²) in [5, 5.41) is 1.18. The smallest absolute Gasteiger partial charge is 0.179 e. The summed E-state index contributed by atoms with van der Waals surface area (Å²) < 4.78 is 10.5. The Balaban J connectivity index is 2.29. The van der Waals surface area contributed by atoms with Gasteiger partial charge in [-0.15, -0.1) is 0 Å². The van der Waals surface area contributed by atoms with Crippen LogP contribution in [0.3, 0.4) is 0 Å². The van der Waals surface area contributed by atoms with E-state index in [1.165, 1.54) is 0 Å². The molecule has 2 rings (SSSR count). The average Bonchev–Trinajstić information content (AvgIpc) is 2.48. The van der Waals surface area contributed by atoms with Crippen LogP contribution >= 0.6 is 23.2 Å². The van der Waals surface area contributed by atoms with E-state index in [1.54, 1.807) is 20.3 Å². The van der Waals surface area contributed by atoms with Crippen molar-refractivity contribution in [3.63, 3.8) is 0 Å². The first-order valence-electron chi connectivity index (χ1n) is 6.47. The van der Waals surface area contributed by atoms with Crippen molar-refractivity contribution in [2.45, 2.75) is 12.5 Å². The van der Waals surface area contributed by atoms with Gasteiger partial charge < -0.3 is 15.2 Å². The number of nitrogens with two attached hydrogens (primary N) is 1. The Hall–Kier alpha value is -1.42. The molecule has 0 radical (unpaired) electrons. The van der Waals surface area contributed by atoms with E-state index in [0.29, 0.717) is 28.0 Å². The van der Waals surface area contributed by atoms with Crippen LogP contribution in [0.5, 0.6) is 11.5 Å². The van der Waals surface area contributed by atoms with Crippen molar-refractivity contribution in [2.75, 3.05) is 14.2 Å². The Labute approximate surface area is 134 Å². The average molecular weight is 326 g/mol. The van der Waals surface area contributed by atoms with E-state index in [9.17, 15) is 0 Å². The van der Waals surface area contributed by atoms with Crippen molar-refractivity contribution < 1.29 is 9.47 Å². The largest absolute Gasteiger partial charge is 0.493 e. The summed E-state index contributed by atoms with van der Waals surface area (Å²) in [7, 11) is 3.12. The SMILES string of the molecule is COc1cc(C(N)Cc2ccccc2Cl)cc(Cl)c1OC. The molecule has 0 fully saturated rings. The van der Waals surface area contributed by atoms with E-state index in [1.807, 2.05) is 30.3 Å². The molecule has 0 aliphatic rings. The lowest BCUT2D eigenvalue weighted by Gasteiger charge is -2.17. The molecule has 1 atom stereocenters. The first-order valence-corrected chi connectivity index (χ1v) is 7.22. The van der Waals surface area contributed by atoms with E-state index in [2.05, 4.69) is 0 Å². The van der Waals surface area contributed by atoms with Gasteiger partial charge in [0.25, 0.3) is 0 Å². The fraction of sp³-hybridized carbons (Fsp3) is 0.250. The van der Waals surface area contributed by atoms with Gasteiger partial charge in [0.2, 0.25) is 0 Å². The van der Waals surface area contributed by atoms with Crippen LogP contribution in [0.2, 0.25) is 10.0 Å².